The van der Waals surface area contributed by atoms with Crippen molar-refractivity contribution in [2.75, 3.05) is 32.7 Å². The molecule has 6 heteroatoms. The van der Waals surface area contributed by atoms with Crippen molar-refractivity contribution in [1.29, 1.82) is 0 Å². The molecule has 0 radical (unpaired) electrons. The number of benzene rings is 2. The molecule has 2 amide bonds. The lowest BCUT2D eigenvalue weighted by molar-refractivity contribution is -0.138. The molecule has 4 rings (SSSR count). The number of carbonyl (C=O) groups excluding carboxylic acids is 2. The fraction of sp³-hybridized carbons (Fsp3) is 0.360. The van der Waals surface area contributed by atoms with Gasteiger partial charge in [-0.2, -0.15) is 0 Å². The maximum atomic E-state index is 14.3. The molecule has 31 heavy (non-hydrogen) atoms. The molecule has 0 spiro atoms. The highest BCUT2D eigenvalue weighted by Crippen LogP contribution is 2.35. The average molecular weight is 422 g/mol. The summed E-state index contributed by atoms with van der Waals surface area (Å²) in [6.45, 7) is 10.0. The summed E-state index contributed by atoms with van der Waals surface area (Å²) in [6.07, 6.45) is 0. The minimum Gasteiger partial charge on any atom is -0.364 e. The Bertz CT molecular complexity index is 1050. The molecule has 2 aliphatic rings. The van der Waals surface area contributed by atoms with Crippen molar-refractivity contribution in [2.24, 2.45) is 0 Å². The van der Waals surface area contributed by atoms with Gasteiger partial charge < -0.3 is 9.80 Å². The second-order valence-electron chi connectivity index (χ2n) is 8.25. The Labute approximate surface area is 182 Å². The summed E-state index contributed by atoms with van der Waals surface area (Å²) in [5.74, 6) is -1.11. The molecular weight excluding hydrogens is 393 g/mol. The molecule has 2 aliphatic heterocycles. The van der Waals surface area contributed by atoms with Crippen molar-refractivity contribution in [3.8, 4) is 0 Å². The maximum Gasteiger partial charge on any atom is 0.278 e. The smallest absolute Gasteiger partial charge is 0.278 e. The molecule has 0 aliphatic carbocycles. The van der Waals surface area contributed by atoms with Gasteiger partial charge in [-0.1, -0.05) is 48.9 Å². The number of likely N-dealkylation sites (N-methyl/N-ethyl adjacent to an activating group) is 1. The first-order valence-electron chi connectivity index (χ1n) is 10.8. The number of piperazine rings is 1. The van der Waals surface area contributed by atoms with Crippen molar-refractivity contribution in [3.63, 3.8) is 0 Å². The normalized spacial score (nSPS) is 17.8. The summed E-state index contributed by atoms with van der Waals surface area (Å²) in [5.41, 5.74) is 4.04. The standard InChI is InChI=1S/C25H28FN3O2/c1-4-27-11-13-28(14-12-27)23-22(20-10-9-17(2)15-18(20)3)24(30)29(25(23)31)16-19-7-5-6-8-21(19)26/h5-10,15H,4,11-14,16H2,1-3H3. The summed E-state index contributed by atoms with van der Waals surface area (Å²) >= 11 is 0. The Balaban J connectivity index is 1.75. The molecule has 2 aromatic rings. The van der Waals surface area contributed by atoms with Gasteiger partial charge in [-0.25, -0.2) is 4.39 Å². The minimum atomic E-state index is -0.416. The number of amides is 2. The van der Waals surface area contributed by atoms with E-state index in [1.807, 2.05) is 36.9 Å². The number of carbonyl (C=O) groups is 2. The van der Waals surface area contributed by atoms with E-state index < -0.39 is 5.82 Å². The Hall–Kier alpha value is -2.99. The molecule has 0 atom stereocenters. The quantitative estimate of drug-likeness (QED) is 0.695. The van der Waals surface area contributed by atoms with E-state index in [0.717, 1.165) is 36.3 Å². The van der Waals surface area contributed by atoms with Crippen LogP contribution in [-0.2, 0) is 16.1 Å². The fourth-order valence-corrected chi connectivity index (χ4v) is 4.42. The van der Waals surface area contributed by atoms with E-state index in [4.69, 9.17) is 0 Å². The van der Waals surface area contributed by atoms with Crippen LogP contribution >= 0.6 is 0 Å². The second kappa shape index (κ2) is 8.63. The van der Waals surface area contributed by atoms with E-state index in [1.165, 1.54) is 11.0 Å². The third-order valence-electron chi connectivity index (χ3n) is 6.22. The maximum absolute atomic E-state index is 14.3. The molecule has 1 fully saturated rings. The highest BCUT2D eigenvalue weighted by atomic mass is 19.1. The third-order valence-corrected chi connectivity index (χ3v) is 6.22. The molecule has 2 aromatic carbocycles. The van der Waals surface area contributed by atoms with Crippen LogP contribution in [-0.4, -0.2) is 59.2 Å². The topological polar surface area (TPSA) is 43.9 Å². The molecule has 0 N–H and O–H groups in total. The first-order valence-corrected chi connectivity index (χ1v) is 10.8. The predicted molar refractivity (Wildman–Crippen MR) is 118 cm³/mol. The number of imide groups is 1. The van der Waals surface area contributed by atoms with E-state index in [0.29, 0.717) is 29.9 Å². The zero-order chi connectivity index (χ0) is 22.1. The van der Waals surface area contributed by atoms with E-state index in [1.54, 1.807) is 18.2 Å². The van der Waals surface area contributed by atoms with Crippen molar-refractivity contribution >= 4 is 17.4 Å². The summed E-state index contributed by atoms with van der Waals surface area (Å²) in [7, 11) is 0. The largest absolute Gasteiger partial charge is 0.364 e. The number of aryl methyl sites for hydroxylation is 2. The summed E-state index contributed by atoms with van der Waals surface area (Å²) in [5, 5.41) is 0. The van der Waals surface area contributed by atoms with Crippen LogP contribution in [0.4, 0.5) is 4.39 Å². The molecule has 5 nitrogen and oxygen atoms in total. The Morgan fingerprint density at radius 3 is 2.29 bits per heavy atom. The average Bonchev–Trinajstić information content (AvgIpc) is 3.00. The molecule has 2 heterocycles. The van der Waals surface area contributed by atoms with E-state index in [9.17, 15) is 14.0 Å². The zero-order valence-electron chi connectivity index (χ0n) is 18.3. The van der Waals surface area contributed by atoms with Crippen molar-refractivity contribution in [3.05, 3.63) is 76.2 Å². The van der Waals surface area contributed by atoms with Gasteiger partial charge in [0.1, 0.15) is 11.5 Å². The molecule has 0 unspecified atom stereocenters. The summed E-state index contributed by atoms with van der Waals surface area (Å²) in [6, 6.07) is 12.2. The number of nitrogens with zero attached hydrogens (tertiary/aromatic N) is 3. The van der Waals surface area contributed by atoms with Crippen LogP contribution in [0.15, 0.2) is 48.2 Å². The van der Waals surface area contributed by atoms with Gasteiger partial charge >= 0.3 is 0 Å². The van der Waals surface area contributed by atoms with Crippen LogP contribution in [0, 0.1) is 19.7 Å². The Kier molecular flexibility index (Phi) is 5.92. The number of halogens is 1. The lowest BCUT2D eigenvalue weighted by Gasteiger charge is -2.36. The molecule has 162 valence electrons. The first kappa shape index (κ1) is 21.2. The van der Waals surface area contributed by atoms with Crippen LogP contribution in [0.2, 0.25) is 0 Å². The molecule has 0 bridgehead atoms. The Morgan fingerprint density at radius 2 is 1.65 bits per heavy atom. The van der Waals surface area contributed by atoms with Gasteiger partial charge in [0.05, 0.1) is 12.1 Å². The molecule has 0 aromatic heterocycles. The highest BCUT2D eigenvalue weighted by molar-refractivity contribution is 6.35. The van der Waals surface area contributed by atoms with Crippen LogP contribution in [0.3, 0.4) is 0 Å². The van der Waals surface area contributed by atoms with Crippen LogP contribution in [0.5, 0.6) is 0 Å². The second-order valence-corrected chi connectivity index (χ2v) is 8.25. The number of hydrogen-bond acceptors (Lipinski definition) is 4. The fourth-order valence-electron chi connectivity index (χ4n) is 4.42. The first-order chi connectivity index (χ1) is 14.9. The van der Waals surface area contributed by atoms with Gasteiger partial charge in [-0.15, -0.1) is 0 Å². The van der Waals surface area contributed by atoms with E-state index >= 15 is 0 Å². The van der Waals surface area contributed by atoms with Crippen molar-refractivity contribution in [2.45, 2.75) is 27.3 Å². The van der Waals surface area contributed by atoms with E-state index in [-0.39, 0.29) is 18.4 Å². The van der Waals surface area contributed by atoms with E-state index in [2.05, 4.69) is 11.8 Å². The zero-order valence-corrected chi connectivity index (χ0v) is 18.3. The summed E-state index contributed by atoms with van der Waals surface area (Å²) < 4.78 is 14.3. The van der Waals surface area contributed by atoms with Crippen molar-refractivity contribution in [1.82, 2.24) is 14.7 Å². The van der Waals surface area contributed by atoms with Gasteiger partial charge in [0.25, 0.3) is 11.8 Å². The van der Waals surface area contributed by atoms with Crippen molar-refractivity contribution < 1.29 is 14.0 Å². The monoisotopic (exact) mass is 421 g/mol. The van der Waals surface area contributed by atoms with Gasteiger partial charge in [0.2, 0.25) is 0 Å². The van der Waals surface area contributed by atoms with Gasteiger partial charge in [0.15, 0.2) is 0 Å². The predicted octanol–water partition coefficient (Wildman–Crippen LogP) is 3.36. The summed E-state index contributed by atoms with van der Waals surface area (Å²) in [4.78, 5) is 32.6. The minimum absolute atomic E-state index is 0.0722. The lowest BCUT2D eigenvalue weighted by Crippen LogP contribution is -2.47. The highest BCUT2D eigenvalue weighted by Gasteiger charge is 2.42. The Morgan fingerprint density at radius 1 is 0.935 bits per heavy atom. The van der Waals surface area contributed by atoms with Gasteiger partial charge in [-0.05, 0) is 37.6 Å². The number of rotatable bonds is 5. The van der Waals surface area contributed by atoms with Gasteiger partial charge in [0, 0.05) is 31.7 Å². The third kappa shape index (κ3) is 4.00. The molecule has 1 saturated heterocycles. The number of hydrogen-bond donors (Lipinski definition) is 0. The van der Waals surface area contributed by atoms with Gasteiger partial charge in [-0.3, -0.25) is 14.5 Å². The SMILES string of the molecule is CCN1CCN(C2=C(c3ccc(C)cc3C)C(=O)N(Cc3ccccc3F)C2=O)CC1. The molecular formula is C25H28FN3O2. The van der Waals surface area contributed by atoms with Crippen LogP contribution in [0.25, 0.3) is 5.57 Å². The van der Waals surface area contributed by atoms with Crippen LogP contribution in [0.1, 0.15) is 29.2 Å². The lowest BCUT2D eigenvalue weighted by atomic mass is 9.97. The molecule has 0 saturated carbocycles. The van der Waals surface area contributed by atoms with Crippen LogP contribution < -0.4 is 0 Å².